The molecule has 1 aliphatic heterocycles. The Morgan fingerprint density at radius 1 is 1.09 bits per heavy atom. The van der Waals surface area contributed by atoms with Crippen molar-refractivity contribution < 1.29 is 19.1 Å². The Kier molecular flexibility index (Phi) is 6.64. The lowest BCUT2D eigenvalue weighted by Gasteiger charge is -2.17. The van der Waals surface area contributed by atoms with E-state index in [2.05, 4.69) is 15.6 Å². The lowest BCUT2D eigenvalue weighted by atomic mass is 10.1. The molecule has 1 saturated heterocycles. The molecular formula is C25H24N4O4. The van der Waals surface area contributed by atoms with Crippen LogP contribution in [0.5, 0.6) is 5.75 Å². The lowest BCUT2D eigenvalue weighted by molar-refractivity contribution is -0.122. The van der Waals surface area contributed by atoms with Crippen LogP contribution in [0.1, 0.15) is 22.5 Å². The average Bonchev–Trinajstić information content (AvgIpc) is 3.25. The number of nitrogens with zero attached hydrogens (tertiary/aromatic N) is 2. The van der Waals surface area contributed by atoms with Crippen molar-refractivity contribution in [2.75, 3.05) is 23.9 Å². The summed E-state index contributed by atoms with van der Waals surface area (Å²) in [5.41, 5.74) is 2.37. The van der Waals surface area contributed by atoms with Crippen molar-refractivity contribution in [3.05, 3.63) is 84.2 Å². The van der Waals surface area contributed by atoms with Crippen LogP contribution in [0.2, 0.25) is 0 Å². The number of aromatic nitrogens is 1. The molecule has 0 spiro atoms. The van der Waals surface area contributed by atoms with Gasteiger partial charge >= 0.3 is 0 Å². The van der Waals surface area contributed by atoms with Crippen LogP contribution in [0.3, 0.4) is 0 Å². The van der Waals surface area contributed by atoms with E-state index >= 15 is 0 Å². The highest BCUT2D eigenvalue weighted by Gasteiger charge is 2.35. The van der Waals surface area contributed by atoms with Gasteiger partial charge in [0, 0.05) is 42.2 Å². The number of nitrogens with one attached hydrogen (secondary N) is 2. The smallest absolute Gasteiger partial charge is 0.251 e. The summed E-state index contributed by atoms with van der Waals surface area (Å²) in [4.78, 5) is 43.6. The number of pyridine rings is 1. The molecule has 1 aromatic heterocycles. The third kappa shape index (κ3) is 5.35. The lowest BCUT2D eigenvalue weighted by Crippen LogP contribution is -2.28. The third-order valence-corrected chi connectivity index (χ3v) is 5.41. The minimum atomic E-state index is -0.495. The van der Waals surface area contributed by atoms with Crippen LogP contribution in [0.4, 0.5) is 11.4 Å². The molecule has 0 aliphatic carbocycles. The van der Waals surface area contributed by atoms with Crippen LogP contribution >= 0.6 is 0 Å². The number of anilines is 2. The van der Waals surface area contributed by atoms with Gasteiger partial charge in [0.1, 0.15) is 5.75 Å². The van der Waals surface area contributed by atoms with Gasteiger partial charge in [-0.1, -0.05) is 18.2 Å². The Hall–Kier alpha value is -4.20. The molecule has 3 aromatic rings. The summed E-state index contributed by atoms with van der Waals surface area (Å²) in [6.45, 7) is 0.586. The number of hydrogen-bond acceptors (Lipinski definition) is 5. The van der Waals surface area contributed by atoms with Crippen LogP contribution in [0.25, 0.3) is 0 Å². The molecule has 2 heterocycles. The average molecular weight is 444 g/mol. The molecule has 8 heteroatoms. The number of carbonyl (C=O) groups is 3. The van der Waals surface area contributed by atoms with Gasteiger partial charge in [-0.2, -0.15) is 0 Å². The minimum absolute atomic E-state index is 0.118. The summed E-state index contributed by atoms with van der Waals surface area (Å²) in [7, 11) is 1.56. The Bertz CT molecular complexity index is 1170. The highest BCUT2D eigenvalue weighted by molar-refractivity contribution is 6.04. The van der Waals surface area contributed by atoms with E-state index in [0.29, 0.717) is 29.2 Å². The van der Waals surface area contributed by atoms with Crippen molar-refractivity contribution in [2.24, 2.45) is 5.92 Å². The van der Waals surface area contributed by atoms with Gasteiger partial charge in [-0.15, -0.1) is 0 Å². The maximum atomic E-state index is 12.8. The van der Waals surface area contributed by atoms with Crippen molar-refractivity contribution in [3.63, 3.8) is 0 Å². The van der Waals surface area contributed by atoms with Crippen molar-refractivity contribution >= 4 is 29.1 Å². The van der Waals surface area contributed by atoms with E-state index in [-0.39, 0.29) is 30.7 Å². The van der Waals surface area contributed by atoms with Crippen LogP contribution < -0.4 is 20.3 Å². The number of hydrogen-bond donors (Lipinski definition) is 2. The van der Waals surface area contributed by atoms with Crippen molar-refractivity contribution in [1.29, 1.82) is 0 Å². The second-order valence-corrected chi connectivity index (χ2v) is 7.68. The van der Waals surface area contributed by atoms with Gasteiger partial charge in [0.15, 0.2) is 0 Å². The minimum Gasteiger partial charge on any atom is -0.497 e. The molecule has 1 unspecified atom stereocenters. The monoisotopic (exact) mass is 444 g/mol. The third-order valence-electron chi connectivity index (χ3n) is 5.41. The van der Waals surface area contributed by atoms with Crippen molar-refractivity contribution in [2.45, 2.75) is 13.0 Å². The number of carbonyl (C=O) groups excluding carboxylic acids is 3. The highest BCUT2D eigenvalue weighted by atomic mass is 16.5. The molecule has 4 rings (SSSR count). The molecule has 8 nitrogen and oxygen atoms in total. The second kappa shape index (κ2) is 9.95. The van der Waals surface area contributed by atoms with Crippen molar-refractivity contribution in [1.82, 2.24) is 10.3 Å². The molecule has 3 amide bonds. The van der Waals surface area contributed by atoms with E-state index in [1.807, 2.05) is 24.3 Å². The van der Waals surface area contributed by atoms with Gasteiger partial charge < -0.3 is 20.3 Å². The summed E-state index contributed by atoms with van der Waals surface area (Å²) >= 11 is 0. The summed E-state index contributed by atoms with van der Waals surface area (Å²) in [6.07, 6.45) is 1.79. The number of benzene rings is 2. The van der Waals surface area contributed by atoms with Crippen LogP contribution in [0, 0.1) is 5.92 Å². The second-order valence-electron chi connectivity index (χ2n) is 7.68. The predicted octanol–water partition coefficient (Wildman–Crippen LogP) is 3.01. The van der Waals surface area contributed by atoms with E-state index in [4.69, 9.17) is 4.74 Å². The summed E-state index contributed by atoms with van der Waals surface area (Å²) < 4.78 is 5.22. The summed E-state index contributed by atoms with van der Waals surface area (Å²) in [6, 6.07) is 19.4. The quantitative estimate of drug-likeness (QED) is 0.584. The Balaban J connectivity index is 1.37. The molecular weight excluding hydrogens is 420 g/mol. The zero-order valence-corrected chi connectivity index (χ0v) is 18.2. The topological polar surface area (TPSA) is 101 Å². The SMILES string of the molecule is COc1cccc(N2CC(C(=O)Nc3cccc(C(=O)NCc4ccccn4)c3)CC2=O)c1. The molecule has 2 N–H and O–H groups in total. The fourth-order valence-corrected chi connectivity index (χ4v) is 3.67. The summed E-state index contributed by atoms with van der Waals surface area (Å²) in [5.74, 6) is -0.500. The maximum Gasteiger partial charge on any atom is 0.251 e. The highest BCUT2D eigenvalue weighted by Crippen LogP contribution is 2.28. The van der Waals surface area contributed by atoms with Gasteiger partial charge in [0.25, 0.3) is 5.91 Å². The van der Waals surface area contributed by atoms with Crippen LogP contribution in [0.15, 0.2) is 72.9 Å². The normalized spacial score (nSPS) is 15.2. The number of methoxy groups -OCH3 is 1. The van der Waals surface area contributed by atoms with E-state index in [0.717, 1.165) is 5.69 Å². The molecule has 0 saturated carbocycles. The molecule has 0 bridgehead atoms. The molecule has 2 aromatic carbocycles. The molecule has 33 heavy (non-hydrogen) atoms. The van der Waals surface area contributed by atoms with Gasteiger partial charge in [-0.05, 0) is 42.5 Å². The zero-order chi connectivity index (χ0) is 23.2. The van der Waals surface area contributed by atoms with Crippen LogP contribution in [-0.2, 0) is 16.1 Å². The zero-order valence-electron chi connectivity index (χ0n) is 18.2. The molecule has 1 aliphatic rings. The summed E-state index contributed by atoms with van der Waals surface area (Å²) in [5, 5.41) is 5.65. The first-order valence-corrected chi connectivity index (χ1v) is 10.6. The molecule has 1 atom stereocenters. The number of rotatable bonds is 7. The first-order valence-electron chi connectivity index (χ1n) is 10.6. The Morgan fingerprint density at radius 3 is 2.73 bits per heavy atom. The first kappa shape index (κ1) is 22.0. The maximum absolute atomic E-state index is 12.8. The fourth-order valence-electron chi connectivity index (χ4n) is 3.67. The molecule has 0 radical (unpaired) electrons. The Labute approximate surface area is 191 Å². The fraction of sp³-hybridized carbons (Fsp3) is 0.200. The molecule has 1 fully saturated rings. The van der Waals surface area contributed by atoms with E-state index in [9.17, 15) is 14.4 Å². The Morgan fingerprint density at radius 2 is 1.94 bits per heavy atom. The predicted molar refractivity (Wildman–Crippen MR) is 124 cm³/mol. The number of amides is 3. The standard InChI is InChI=1S/C25H24N4O4/c1-33-22-10-5-9-21(14-22)29-16-18(13-23(29)30)25(32)28-19-8-4-6-17(12-19)24(31)27-15-20-7-2-3-11-26-20/h2-12,14,18H,13,15-16H2,1H3,(H,27,31)(H,28,32). The first-order chi connectivity index (χ1) is 16.0. The van der Waals surface area contributed by atoms with Crippen LogP contribution in [-0.4, -0.2) is 36.4 Å². The van der Waals surface area contributed by atoms with Gasteiger partial charge in [-0.3, -0.25) is 19.4 Å². The van der Waals surface area contributed by atoms with Gasteiger partial charge in [0.05, 0.1) is 25.3 Å². The van der Waals surface area contributed by atoms with E-state index in [1.54, 1.807) is 60.7 Å². The largest absolute Gasteiger partial charge is 0.497 e. The van der Waals surface area contributed by atoms with Gasteiger partial charge in [0.2, 0.25) is 11.8 Å². The van der Waals surface area contributed by atoms with Gasteiger partial charge in [-0.25, -0.2) is 0 Å². The van der Waals surface area contributed by atoms with Crippen molar-refractivity contribution in [3.8, 4) is 5.75 Å². The molecule has 168 valence electrons. The van der Waals surface area contributed by atoms with E-state index < -0.39 is 5.92 Å². The number of ether oxygens (including phenoxy) is 1. The van der Waals surface area contributed by atoms with E-state index in [1.165, 1.54) is 0 Å².